The Hall–Kier alpha value is -2.97. The van der Waals surface area contributed by atoms with E-state index in [9.17, 15) is 9.59 Å². The zero-order valence-electron chi connectivity index (χ0n) is 16.9. The third kappa shape index (κ3) is 4.29. The van der Waals surface area contributed by atoms with Gasteiger partial charge in [-0.1, -0.05) is 18.2 Å². The zero-order chi connectivity index (χ0) is 21.3. The van der Waals surface area contributed by atoms with Gasteiger partial charge >= 0.3 is 0 Å². The quantitative estimate of drug-likeness (QED) is 0.409. The number of aryl methyl sites for hydroxylation is 2. The van der Waals surface area contributed by atoms with Gasteiger partial charge in [-0.3, -0.25) is 9.59 Å². The van der Waals surface area contributed by atoms with E-state index in [1.54, 1.807) is 11.3 Å². The van der Waals surface area contributed by atoms with Crippen molar-refractivity contribution in [3.05, 3.63) is 57.2 Å². The molecule has 8 heteroatoms. The number of hydrogen-bond donors (Lipinski definition) is 3. The third-order valence-corrected chi connectivity index (χ3v) is 6.57. The van der Waals surface area contributed by atoms with Gasteiger partial charge in [-0.25, -0.2) is 4.98 Å². The van der Waals surface area contributed by atoms with Crippen molar-refractivity contribution in [3.8, 4) is 11.3 Å². The minimum Gasteiger partial charge on any atom is -0.361 e. The Morgan fingerprint density at radius 2 is 2.03 bits per heavy atom. The third-order valence-electron chi connectivity index (χ3n) is 4.84. The van der Waals surface area contributed by atoms with Gasteiger partial charge in [-0.05, 0) is 31.5 Å². The molecule has 4 aromatic rings. The van der Waals surface area contributed by atoms with Crippen molar-refractivity contribution >= 4 is 50.5 Å². The summed E-state index contributed by atoms with van der Waals surface area (Å²) in [6, 6.07) is 9.31. The number of rotatable bonds is 6. The smallest absolute Gasteiger partial charge is 0.249 e. The van der Waals surface area contributed by atoms with Crippen LogP contribution >= 0.6 is 22.7 Å². The van der Waals surface area contributed by atoms with Crippen molar-refractivity contribution in [2.45, 2.75) is 33.2 Å². The predicted molar refractivity (Wildman–Crippen MR) is 123 cm³/mol. The van der Waals surface area contributed by atoms with Crippen molar-refractivity contribution in [1.82, 2.24) is 15.3 Å². The minimum absolute atomic E-state index is 0.251. The summed E-state index contributed by atoms with van der Waals surface area (Å²) in [6.07, 6.45) is 2.27. The number of thiophene rings is 1. The molecule has 0 unspecified atom stereocenters. The average Bonchev–Trinajstić information content (AvgIpc) is 3.40. The van der Waals surface area contributed by atoms with E-state index in [0.29, 0.717) is 11.6 Å². The topological polar surface area (TPSA) is 86.9 Å². The van der Waals surface area contributed by atoms with E-state index in [1.807, 2.05) is 35.8 Å². The Morgan fingerprint density at radius 3 is 2.77 bits per heavy atom. The van der Waals surface area contributed by atoms with Crippen molar-refractivity contribution in [3.63, 3.8) is 0 Å². The molecule has 6 nitrogen and oxygen atoms in total. The molecule has 0 aliphatic carbocycles. The first-order chi connectivity index (χ1) is 14.4. The van der Waals surface area contributed by atoms with Crippen molar-refractivity contribution in [2.24, 2.45) is 0 Å². The number of benzene rings is 1. The number of anilines is 1. The summed E-state index contributed by atoms with van der Waals surface area (Å²) in [7, 11) is 0. The number of aromatic nitrogens is 2. The van der Waals surface area contributed by atoms with Crippen LogP contribution in [-0.4, -0.2) is 27.8 Å². The molecule has 0 fully saturated rings. The van der Waals surface area contributed by atoms with Crippen LogP contribution in [0.4, 0.5) is 5.13 Å². The van der Waals surface area contributed by atoms with Gasteiger partial charge in [0.05, 0.1) is 5.69 Å². The highest BCUT2D eigenvalue weighted by Crippen LogP contribution is 2.32. The molecule has 1 atom stereocenters. The molecule has 0 bridgehead atoms. The molecule has 0 saturated heterocycles. The van der Waals surface area contributed by atoms with Crippen LogP contribution in [0.25, 0.3) is 22.2 Å². The second kappa shape index (κ2) is 8.41. The molecule has 0 spiro atoms. The minimum atomic E-state index is -0.695. The Morgan fingerprint density at radius 1 is 1.23 bits per heavy atom. The second-order valence-corrected chi connectivity index (χ2v) is 9.49. The lowest BCUT2D eigenvalue weighted by Gasteiger charge is -2.16. The summed E-state index contributed by atoms with van der Waals surface area (Å²) in [5.41, 5.74) is 3.92. The largest absolute Gasteiger partial charge is 0.361 e. The first-order valence-corrected chi connectivity index (χ1v) is 11.3. The fourth-order valence-electron chi connectivity index (χ4n) is 3.51. The molecule has 154 valence electrons. The molecule has 0 radical (unpaired) electrons. The molecular weight excluding hydrogens is 416 g/mol. The van der Waals surface area contributed by atoms with Gasteiger partial charge in [-0.2, -0.15) is 0 Å². The molecule has 3 N–H and O–H groups in total. The zero-order valence-corrected chi connectivity index (χ0v) is 18.5. The van der Waals surface area contributed by atoms with E-state index in [1.165, 1.54) is 28.0 Å². The fourth-order valence-corrected chi connectivity index (χ4v) is 5.15. The van der Waals surface area contributed by atoms with Crippen molar-refractivity contribution < 1.29 is 9.59 Å². The molecular formula is C22H22N4O2S2. The lowest BCUT2D eigenvalue weighted by Crippen LogP contribution is -2.44. The van der Waals surface area contributed by atoms with Crippen LogP contribution in [0, 0.1) is 13.8 Å². The average molecular weight is 439 g/mol. The fraction of sp³-hybridized carbons (Fsp3) is 0.227. The predicted octanol–water partition coefficient (Wildman–Crippen LogP) is 4.66. The molecule has 0 aliphatic rings. The Balaban J connectivity index is 1.53. The van der Waals surface area contributed by atoms with Crippen LogP contribution in [-0.2, 0) is 16.0 Å². The monoisotopic (exact) mass is 438 g/mol. The van der Waals surface area contributed by atoms with Crippen LogP contribution in [0.5, 0.6) is 0 Å². The number of para-hydroxylation sites is 1. The SMILES string of the molecule is CC(=O)N[C@@H](Cc1c[nH]c2ccccc12)C(=O)Nc1nc(-c2cc(C)sc2C)cs1. The number of carbonyl (C=O) groups excluding carboxylic acids is 2. The number of H-pyrrole nitrogens is 1. The number of amides is 2. The normalized spacial score (nSPS) is 12.1. The van der Waals surface area contributed by atoms with Crippen molar-refractivity contribution in [1.29, 1.82) is 0 Å². The van der Waals surface area contributed by atoms with Gasteiger partial charge in [0.25, 0.3) is 0 Å². The molecule has 0 saturated carbocycles. The number of fused-ring (bicyclic) bond motifs is 1. The Bertz CT molecular complexity index is 1220. The summed E-state index contributed by atoms with van der Waals surface area (Å²) in [6.45, 7) is 5.55. The number of carbonyl (C=O) groups is 2. The van der Waals surface area contributed by atoms with Gasteiger partial charge in [0.2, 0.25) is 11.8 Å². The van der Waals surface area contributed by atoms with Crippen LogP contribution in [0.3, 0.4) is 0 Å². The number of thiazole rings is 1. The van der Waals surface area contributed by atoms with Crippen LogP contribution < -0.4 is 10.6 Å². The maximum absolute atomic E-state index is 13.0. The maximum atomic E-state index is 13.0. The molecule has 3 heterocycles. The molecule has 1 aromatic carbocycles. The van der Waals surface area contributed by atoms with Crippen LogP contribution in [0.1, 0.15) is 22.2 Å². The highest BCUT2D eigenvalue weighted by molar-refractivity contribution is 7.14. The molecule has 0 aliphatic heterocycles. The number of aromatic amines is 1. The van der Waals surface area contributed by atoms with Gasteiger partial charge in [0.1, 0.15) is 6.04 Å². The lowest BCUT2D eigenvalue weighted by atomic mass is 10.0. The Labute approximate surface area is 182 Å². The van der Waals surface area contributed by atoms with E-state index in [2.05, 4.69) is 40.5 Å². The standard InChI is InChI=1S/C22H22N4O2S2/c1-12-8-17(13(2)30-12)20-11-29-22(25-20)26-21(28)19(24-14(3)27)9-15-10-23-18-7-5-4-6-16(15)18/h4-8,10-11,19,23H,9H2,1-3H3,(H,24,27)(H,25,26,28)/t19-/m0/s1. The van der Waals surface area contributed by atoms with Gasteiger partial charge < -0.3 is 15.6 Å². The lowest BCUT2D eigenvalue weighted by molar-refractivity contribution is -0.125. The maximum Gasteiger partial charge on any atom is 0.249 e. The van der Waals surface area contributed by atoms with Crippen molar-refractivity contribution in [2.75, 3.05) is 5.32 Å². The first-order valence-electron chi connectivity index (χ1n) is 9.56. The van der Waals surface area contributed by atoms with Crippen LogP contribution in [0.2, 0.25) is 0 Å². The van der Waals surface area contributed by atoms with E-state index < -0.39 is 6.04 Å². The molecule has 2 amide bonds. The van der Waals surface area contributed by atoms with E-state index in [4.69, 9.17) is 0 Å². The van der Waals surface area contributed by atoms with Crippen LogP contribution in [0.15, 0.2) is 41.9 Å². The summed E-state index contributed by atoms with van der Waals surface area (Å²) >= 11 is 3.11. The second-order valence-electron chi connectivity index (χ2n) is 7.17. The molecule has 3 aromatic heterocycles. The highest BCUT2D eigenvalue weighted by Gasteiger charge is 2.23. The number of nitrogens with zero attached hydrogens (tertiary/aromatic N) is 1. The summed E-state index contributed by atoms with van der Waals surface area (Å²) in [5, 5.41) is 9.14. The highest BCUT2D eigenvalue weighted by atomic mass is 32.1. The first kappa shape index (κ1) is 20.3. The van der Waals surface area contributed by atoms with E-state index in [0.717, 1.165) is 27.7 Å². The number of hydrogen-bond acceptors (Lipinski definition) is 5. The summed E-state index contributed by atoms with van der Waals surface area (Å²) < 4.78 is 0. The number of nitrogens with one attached hydrogen (secondary N) is 3. The summed E-state index contributed by atoms with van der Waals surface area (Å²) in [5.74, 6) is -0.534. The molecule has 30 heavy (non-hydrogen) atoms. The van der Waals surface area contributed by atoms with Gasteiger partial charge in [0.15, 0.2) is 5.13 Å². The van der Waals surface area contributed by atoms with Gasteiger partial charge in [0, 0.05) is 51.1 Å². The van der Waals surface area contributed by atoms with E-state index >= 15 is 0 Å². The van der Waals surface area contributed by atoms with Gasteiger partial charge in [-0.15, -0.1) is 22.7 Å². The Kier molecular flexibility index (Phi) is 5.69. The van der Waals surface area contributed by atoms with E-state index in [-0.39, 0.29) is 11.8 Å². The molecule has 4 rings (SSSR count). The summed E-state index contributed by atoms with van der Waals surface area (Å²) in [4.78, 5) is 34.9.